The number of allylic oxidation sites excluding steroid dienone is 2. The van der Waals surface area contributed by atoms with E-state index in [0.717, 1.165) is 29.5 Å². The van der Waals surface area contributed by atoms with Crippen LogP contribution in [-0.4, -0.2) is 29.2 Å². The summed E-state index contributed by atoms with van der Waals surface area (Å²) < 4.78 is 5.31. The molecular weight excluding hydrogens is 414 g/mol. The Hall–Kier alpha value is -3.61. The molecule has 1 amide bonds. The molecular formula is C26H35N5O2. The van der Waals surface area contributed by atoms with Crippen molar-refractivity contribution in [3.05, 3.63) is 65.1 Å². The van der Waals surface area contributed by atoms with Crippen LogP contribution in [0.2, 0.25) is 0 Å². The molecule has 5 N–H and O–H groups in total. The molecule has 0 aliphatic heterocycles. The number of carbonyl (C=O) groups excluding carboxylic acids is 1. The van der Waals surface area contributed by atoms with Crippen molar-refractivity contribution in [1.29, 1.82) is 5.41 Å². The van der Waals surface area contributed by atoms with E-state index in [2.05, 4.69) is 15.3 Å². The van der Waals surface area contributed by atoms with Crippen LogP contribution in [0.3, 0.4) is 0 Å². The number of benzene rings is 1. The predicted octanol–water partition coefficient (Wildman–Crippen LogP) is 5.38. The summed E-state index contributed by atoms with van der Waals surface area (Å²) in [4.78, 5) is 20.5. The van der Waals surface area contributed by atoms with Gasteiger partial charge in [0.25, 0.3) is 5.91 Å². The number of nitrogens with zero attached hydrogens (tertiary/aromatic N) is 1. The van der Waals surface area contributed by atoms with Crippen molar-refractivity contribution >= 4 is 28.7 Å². The predicted molar refractivity (Wildman–Crippen MR) is 136 cm³/mol. The number of H-pyrrole nitrogens is 1. The molecule has 0 unspecified atom stereocenters. The van der Waals surface area contributed by atoms with Crippen molar-refractivity contribution in [2.24, 2.45) is 5.73 Å². The Balaban J connectivity index is 0.000000914. The van der Waals surface area contributed by atoms with Crippen LogP contribution < -0.4 is 15.8 Å². The number of aromatic nitrogens is 2. The summed E-state index contributed by atoms with van der Waals surface area (Å²) in [6, 6.07) is 13.2. The topological polar surface area (TPSA) is 117 Å². The number of ether oxygens (including phenoxy) is 1. The molecule has 2 heterocycles. The van der Waals surface area contributed by atoms with Gasteiger partial charge in [-0.2, -0.15) is 0 Å². The van der Waals surface area contributed by atoms with Crippen LogP contribution in [0.1, 0.15) is 69.2 Å². The number of pyridine rings is 1. The lowest BCUT2D eigenvalue weighted by Crippen LogP contribution is -2.35. The number of aromatic amines is 1. The van der Waals surface area contributed by atoms with Gasteiger partial charge in [0.05, 0.1) is 18.3 Å². The molecule has 1 aromatic carbocycles. The zero-order valence-electron chi connectivity index (χ0n) is 20.4. The van der Waals surface area contributed by atoms with E-state index in [0.29, 0.717) is 28.3 Å². The SMILES string of the molecule is CC.CC.COc1cccc(C2(NC(=O)c3cc4ccc(/C(C=N)=C(\C)N)nc4[nH]3)CC2)c1. The highest BCUT2D eigenvalue weighted by molar-refractivity contribution is 6.09. The van der Waals surface area contributed by atoms with Gasteiger partial charge in [-0.05, 0) is 55.7 Å². The second-order valence-electron chi connectivity index (χ2n) is 7.33. The quantitative estimate of drug-likeness (QED) is 0.378. The van der Waals surface area contributed by atoms with Crippen molar-refractivity contribution < 1.29 is 9.53 Å². The first-order valence-corrected chi connectivity index (χ1v) is 11.4. The number of hydrogen-bond acceptors (Lipinski definition) is 5. The maximum absolute atomic E-state index is 12.9. The third-order valence-corrected chi connectivity index (χ3v) is 5.29. The highest BCUT2D eigenvalue weighted by Crippen LogP contribution is 2.46. The minimum Gasteiger partial charge on any atom is -0.497 e. The van der Waals surface area contributed by atoms with Crippen molar-refractivity contribution in [3.8, 4) is 5.75 Å². The van der Waals surface area contributed by atoms with Crippen LogP contribution >= 0.6 is 0 Å². The lowest BCUT2D eigenvalue weighted by atomic mass is 10.0. The molecule has 33 heavy (non-hydrogen) atoms. The van der Waals surface area contributed by atoms with Crippen LogP contribution in [0.4, 0.5) is 0 Å². The number of carbonyl (C=O) groups is 1. The highest BCUT2D eigenvalue weighted by atomic mass is 16.5. The summed E-state index contributed by atoms with van der Waals surface area (Å²) in [6.45, 7) is 9.73. The van der Waals surface area contributed by atoms with Crippen LogP contribution in [0.25, 0.3) is 16.6 Å². The summed E-state index contributed by atoms with van der Waals surface area (Å²) >= 11 is 0. The molecule has 1 aliphatic carbocycles. The lowest BCUT2D eigenvalue weighted by molar-refractivity contribution is 0.0926. The molecule has 7 heteroatoms. The van der Waals surface area contributed by atoms with Crippen LogP contribution in [0.15, 0.2) is 48.2 Å². The van der Waals surface area contributed by atoms with Gasteiger partial charge in [0, 0.05) is 22.9 Å². The summed E-state index contributed by atoms with van der Waals surface area (Å²) in [5, 5.41) is 11.5. The molecule has 0 atom stereocenters. The van der Waals surface area contributed by atoms with E-state index < -0.39 is 0 Å². The second kappa shape index (κ2) is 11.3. The third kappa shape index (κ3) is 5.61. The van der Waals surface area contributed by atoms with E-state index in [-0.39, 0.29) is 11.4 Å². The third-order valence-electron chi connectivity index (χ3n) is 5.29. The smallest absolute Gasteiger partial charge is 0.268 e. The maximum atomic E-state index is 12.9. The van der Waals surface area contributed by atoms with Gasteiger partial charge in [-0.15, -0.1) is 0 Å². The zero-order chi connectivity index (χ0) is 24.6. The highest BCUT2D eigenvalue weighted by Gasteiger charge is 2.46. The molecule has 2 aromatic heterocycles. The van der Waals surface area contributed by atoms with Crippen molar-refractivity contribution in [2.75, 3.05) is 7.11 Å². The molecule has 1 aliphatic rings. The molecule has 0 spiro atoms. The maximum Gasteiger partial charge on any atom is 0.268 e. The Labute approximate surface area is 196 Å². The van der Waals surface area contributed by atoms with Gasteiger partial charge in [-0.1, -0.05) is 39.8 Å². The molecule has 0 saturated heterocycles. The molecule has 4 rings (SSSR count). The van der Waals surface area contributed by atoms with E-state index in [9.17, 15) is 4.79 Å². The number of nitrogens with one attached hydrogen (secondary N) is 3. The van der Waals surface area contributed by atoms with E-state index in [1.807, 2.05) is 58.0 Å². The second-order valence-corrected chi connectivity index (χ2v) is 7.33. The Bertz CT molecular complexity index is 1140. The van der Waals surface area contributed by atoms with E-state index in [4.69, 9.17) is 15.9 Å². The number of amides is 1. The molecule has 0 radical (unpaired) electrons. The number of rotatable bonds is 6. The summed E-state index contributed by atoms with van der Waals surface area (Å²) in [6.07, 6.45) is 2.96. The van der Waals surface area contributed by atoms with Gasteiger partial charge >= 0.3 is 0 Å². The van der Waals surface area contributed by atoms with Gasteiger partial charge in [0.15, 0.2) is 0 Å². The van der Waals surface area contributed by atoms with Crippen LogP contribution in [0.5, 0.6) is 5.75 Å². The minimum atomic E-state index is -0.353. The molecule has 176 valence electrons. The standard InChI is InChI=1S/C22H23N5O2.2C2H6/c1-13(24)17(12-23)18-7-6-14-10-19(26-20(14)25-18)21(28)27-22(8-9-22)15-4-3-5-16(11-15)29-2;2*1-2/h3-7,10-12,23H,8-9,24H2,1-2H3,(H,25,26)(H,27,28);2*1-2H3/b17-13+,23-12?;;. The monoisotopic (exact) mass is 449 g/mol. The number of methoxy groups -OCH3 is 1. The van der Waals surface area contributed by atoms with Gasteiger partial charge in [0.1, 0.15) is 17.1 Å². The first-order chi connectivity index (χ1) is 16.0. The van der Waals surface area contributed by atoms with E-state index in [1.165, 1.54) is 6.21 Å². The van der Waals surface area contributed by atoms with Gasteiger partial charge in [0.2, 0.25) is 0 Å². The van der Waals surface area contributed by atoms with E-state index in [1.54, 1.807) is 26.2 Å². The Morgan fingerprint density at radius 1 is 1.18 bits per heavy atom. The Morgan fingerprint density at radius 3 is 2.45 bits per heavy atom. The molecule has 7 nitrogen and oxygen atoms in total. The number of nitrogens with two attached hydrogens (primary N) is 1. The average molecular weight is 450 g/mol. The lowest BCUT2D eigenvalue weighted by Gasteiger charge is -2.18. The van der Waals surface area contributed by atoms with Gasteiger partial charge in [-0.3, -0.25) is 4.79 Å². The normalized spacial score (nSPS) is 14.0. The van der Waals surface area contributed by atoms with E-state index >= 15 is 0 Å². The number of fused-ring (bicyclic) bond motifs is 1. The summed E-state index contributed by atoms with van der Waals surface area (Å²) in [5.41, 5.74) is 9.22. The fourth-order valence-electron chi connectivity index (χ4n) is 3.48. The van der Waals surface area contributed by atoms with Crippen molar-refractivity contribution in [3.63, 3.8) is 0 Å². The summed E-state index contributed by atoms with van der Waals surface area (Å²) in [7, 11) is 1.63. The molecule has 0 bridgehead atoms. The Kier molecular flexibility index (Phi) is 8.79. The average Bonchev–Trinajstić information content (AvgIpc) is 3.50. The summed E-state index contributed by atoms with van der Waals surface area (Å²) in [5.74, 6) is 0.596. The van der Waals surface area contributed by atoms with Crippen molar-refractivity contribution in [2.45, 2.75) is 53.0 Å². The first-order valence-electron chi connectivity index (χ1n) is 11.4. The van der Waals surface area contributed by atoms with Crippen LogP contribution in [0, 0.1) is 5.41 Å². The fraction of sp³-hybridized carbons (Fsp3) is 0.346. The van der Waals surface area contributed by atoms with Crippen molar-refractivity contribution in [1.82, 2.24) is 15.3 Å². The zero-order valence-corrected chi connectivity index (χ0v) is 20.4. The largest absolute Gasteiger partial charge is 0.497 e. The fourth-order valence-corrected chi connectivity index (χ4v) is 3.48. The van der Waals surface area contributed by atoms with Gasteiger partial charge in [-0.25, -0.2) is 4.98 Å². The van der Waals surface area contributed by atoms with Gasteiger partial charge < -0.3 is 26.2 Å². The molecule has 1 fully saturated rings. The van der Waals surface area contributed by atoms with Crippen LogP contribution in [-0.2, 0) is 5.54 Å². The number of hydrogen-bond donors (Lipinski definition) is 4. The molecule has 3 aromatic rings. The first kappa shape index (κ1) is 25.6. The minimum absolute atomic E-state index is 0.178. The Morgan fingerprint density at radius 2 is 1.88 bits per heavy atom. The molecule has 1 saturated carbocycles.